The van der Waals surface area contributed by atoms with Gasteiger partial charge in [-0.2, -0.15) is 0 Å². The molecular formula is C36H34O19. The number of hydrogen-bond acceptors (Lipinski definition) is 12. The first-order chi connectivity index (χ1) is 24.3. The van der Waals surface area contributed by atoms with Crippen LogP contribution in [0.4, 0.5) is 0 Å². The SMILES string of the molecule is O.O.O.O=C(O)[C@](O)(C(=O)c1ccccc1)[C@](O)(C(=O)O)C(=O)c1ccccc1.O=C(O)[C@](O)(C(=O)c1ccccc1)[C@](O)(C(=O)O)C(=O)c1ccccc1. The zero-order chi connectivity index (χ0) is 39.1. The van der Waals surface area contributed by atoms with Crippen LogP contribution in [0.15, 0.2) is 121 Å². The van der Waals surface area contributed by atoms with Crippen LogP contribution in [0.25, 0.3) is 0 Å². The molecule has 14 N–H and O–H groups in total. The fourth-order valence-corrected chi connectivity index (χ4v) is 4.86. The first kappa shape index (κ1) is 48.2. The van der Waals surface area contributed by atoms with Gasteiger partial charge in [-0.05, 0) is 0 Å². The van der Waals surface area contributed by atoms with Gasteiger partial charge in [-0.25, -0.2) is 19.2 Å². The monoisotopic (exact) mass is 770 g/mol. The molecule has 0 aromatic heterocycles. The van der Waals surface area contributed by atoms with E-state index in [0.29, 0.717) is 0 Å². The smallest absolute Gasteiger partial charge is 0.348 e. The Bertz CT molecular complexity index is 1730. The Hall–Kier alpha value is -6.84. The lowest BCUT2D eigenvalue weighted by molar-refractivity contribution is -0.187. The van der Waals surface area contributed by atoms with Gasteiger partial charge in [0.1, 0.15) is 0 Å². The summed E-state index contributed by atoms with van der Waals surface area (Å²) < 4.78 is 0. The standard InChI is InChI=1S/2C18H14O8.3H2O/c2*19-13(11-7-3-1-4-8-11)17(25,15(21)22)18(26,16(23)24)14(20)12-9-5-2-6-10-12;;;/h2*1-10,25-26H,(H,21,22)(H,23,24);3*1H2/t2*17-,18-;;;/m11.../s1. The average molecular weight is 771 g/mol. The summed E-state index contributed by atoms with van der Waals surface area (Å²) in [5.41, 5.74) is -17.4. The van der Waals surface area contributed by atoms with E-state index in [0.717, 1.165) is 48.5 Å². The minimum Gasteiger partial charge on any atom is -0.479 e. The van der Waals surface area contributed by atoms with E-state index in [1.54, 1.807) is 0 Å². The summed E-state index contributed by atoms with van der Waals surface area (Å²) in [6.45, 7) is 0. The van der Waals surface area contributed by atoms with Gasteiger partial charge < -0.3 is 57.3 Å². The van der Waals surface area contributed by atoms with Gasteiger partial charge in [0, 0.05) is 22.3 Å². The van der Waals surface area contributed by atoms with Gasteiger partial charge in [-0.1, -0.05) is 121 Å². The van der Waals surface area contributed by atoms with Crippen molar-refractivity contribution >= 4 is 47.0 Å². The quantitative estimate of drug-likeness (QED) is 0.0523. The molecule has 0 fully saturated rings. The van der Waals surface area contributed by atoms with Crippen molar-refractivity contribution in [3.8, 4) is 0 Å². The second-order valence-electron chi connectivity index (χ2n) is 10.8. The molecule has 19 nitrogen and oxygen atoms in total. The molecule has 4 aromatic rings. The number of carbonyl (C=O) groups is 8. The van der Waals surface area contributed by atoms with Gasteiger partial charge in [0.05, 0.1) is 0 Å². The lowest BCUT2D eigenvalue weighted by Gasteiger charge is -2.34. The van der Waals surface area contributed by atoms with Crippen LogP contribution in [0.1, 0.15) is 41.4 Å². The van der Waals surface area contributed by atoms with Crippen molar-refractivity contribution < 1.29 is 95.6 Å². The van der Waals surface area contributed by atoms with E-state index in [1.165, 1.54) is 72.8 Å². The molecule has 4 aromatic carbocycles. The summed E-state index contributed by atoms with van der Waals surface area (Å²) in [6, 6.07) is 25.6. The molecule has 0 amide bonds. The molecule has 0 aliphatic rings. The Balaban J connectivity index is 0.00000101. The van der Waals surface area contributed by atoms with Crippen LogP contribution in [-0.4, -0.2) is 127 Å². The first-order valence-electron chi connectivity index (χ1n) is 14.6. The maximum atomic E-state index is 12.6. The van der Waals surface area contributed by atoms with Crippen molar-refractivity contribution in [3.05, 3.63) is 144 Å². The van der Waals surface area contributed by atoms with Crippen LogP contribution in [0.3, 0.4) is 0 Å². The lowest BCUT2D eigenvalue weighted by Crippen LogP contribution is -2.71. The topological polar surface area (TPSA) is 393 Å². The second-order valence-corrected chi connectivity index (χ2v) is 10.8. The molecule has 0 bridgehead atoms. The van der Waals surface area contributed by atoms with Crippen molar-refractivity contribution in [1.29, 1.82) is 0 Å². The third-order valence-corrected chi connectivity index (χ3v) is 7.74. The van der Waals surface area contributed by atoms with Crippen molar-refractivity contribution in [1.82, 2.24) is 0 Å². The number of benzene rings is 4. The van der Waals surface area contributed by atoms with Crippen molar-refractivity contribution in [2.24, 2.45) is 0 Å². The van der Waals surface area contributed by atoms with Gasteiger partial charge in [0.2, 0.25) is 23.1 Å². The molecule has 4 rings (SSSR count). The average Bonchev–Trinajstić information content (AvgIpc) is 3.16. The fourth-order valence-electron chi connectivity index (χ4n) is 4.86. The summed E-state index contributed by atoms with van der Waals surface area (Å²) >= 11 is 0. The first-order valence-corrected chi connectivity index (χ1v) is 14.6. The molecule has 0 aliphatic heterocycles. The highest BCUT2D eigenvalue weighted by Crippen LogP contribution is 2.33. The van der Waals surface area contributed by atoms with E-state index in [4.69, 9.17) is 0 Å². The van der Waals surface area contributed by atoms with E-state index in [9.17, 15) is 79.2 Å². The number of carboxylic acid groups (broad SMARTS) is 4. The van der Waals surface area contributed by atoms with Crippen LogP contribution < -0.4 is 0 Å². The van der Waals surface area contributed by atoms with Crippen LogP contribution in [0.2, 0.25) is 0 Å². The second kappa shape index (κ2) is 18.8. The summed E-state index contributed by atoms with van der Waals surface area (Å²) in [7, 11) is 0. The largest absolute Gasteiger partial charge is 0.479 e. The molecule has 0 unspecified atom stereocenters. The van der Waals surface area contributed by atoms with Crippen molar-refractivity contribution in [2.75, 3.05) is 0 Å². The van der Waals surface area contributed by atoms with E-state index >= 15 is 0 Å². The van der Waals surface area contributed by atoms with Gasteiger partial charge in [0.15, 0.2) is 0 Å². The molecule has 0 spiro atoms. The highest BCUT2D eigenvalue weighted by Gasteiger charge is 2.71. The number of aliphatic carboxylic acids is 4. The third-order valence-electron chi connectivity index (χ3n) is 7.74. The highest BCUT2D eigenvalue weighted by molar-refractivity contribution is 6.29. The number of rotatable bonds is 14. The van der Waals surface area contributed by atoms with Crippen molar-refractivity contribution in [2.45, 2.75) is 22.4 Å². The maximum absolute atomic E-state index is 12.6. The molecule has 0 aliphatic carbocycles. The summed E-state index contributed by atoms with van der Waals surface area (Å²) in [4.78, 5) is 97.1. The lowest BCUT2D eigenvalue weighted by atomic mass is 9.73. The van der Waals surface area contributed by atoms with E-state index in [-0.39, 0.29) is 16.4 Å². The predicted octanol–water partition coefficient (Wildman–Crippen LogP) is -1.71. The molecular weight excluding hydrogens is 736 g/mol. The number of aliphatic hydroxyl groups is 4. The summed E-state index contributed by atoms with van der Waals surface area (Å²) in [6.07, 6.45) is 0. The zero-order valence-electron chi connectivity index (χ0n) is 27.9. The highest BCUT2D eigenvalue weighted by atomic mass is 16.5. The van der Waals surface area contributed by atoms with Crippen LogP contribution in [-0.2, 0) is 19.2 Å². The Morgan fingerprint density at radius 3 is 0.527 bits per heavy atom. The number of carboxylic acids is 4. The number of Topliss-reactive ketones (excluding diaryl/α,β-unsaturated/α-hetero) is 4. The van der Waals surface area contributed by atoms with Gasteiger partial charge in [0.25, 0.3) is 22.4 Å². The minimum absolute atomic E-state index is 0. The molecule has 4 atom stereocenters. The summed E-state index contributed by atoms with van der Waals surface area (Å²) in [5.74, 6) is -16.1. The van der Waals surface area contributed by atoms with E-state index in [1.807, 2.05) is 0 Å². The van der Waals surface area contributed by atoms with Crippen LogP contribution >= 0.6 is 0 Å². The van der Waals surface area contributed by atoms with Gasteiger partial charge in [-0.15, -0.1) is 0 Å². The maximum Gasteiger partial charge on any atom is 0.348 e. The Morgan fingerprint density at radius 1 is 0.291 bits per heavy atom. The third kappa shape index (κ3) is 8.38. The number of ketones is 4. The van der Waals surface area contributed by atoms with E-state index in [2.05, 4.69) is 0 Å². The molecule has 0 radical (unpaired) electrons. The number of carbonyl (C=O) groups excluding carboxylic acids is 4. The Labute approximate surface area is 308 Å². The van der Waals surface area contributed by atoms with Crippen molar-refractivity contribution in [3.63, 3.8) is 0 Å². The molecule has 19 heteroatoms. The minimum atomic E-state index is -3.95. The summed E-state index contributed by atoms with van der Waals surface area (Å²) in [5, 5.41) is 79.7. The number of hydrogen-bond donors (Lipinski definition) is 8. The molecule has 0 saturated heterocycles. The zero-order valence-corrected chi connectivity index (χ0v) is 27.9. The molecule has 55 heavy (non-hydrogen) atoms. The van der Waals surface area contributed by atoms with Crippen LogP contribution in [0, 0.1) is 0 Å². The van der Waals surface area contributed by atoms with E-state index < -0.39 is 91.7 Å². The molecule has 292 valence electrons. The van der Waals surface area contributed by atoms with Gasteiger partial charge in [-0.3, -0.25) is 19.2 Å². The fraction of sp³-hybridized carbons (Fsp3) is 0.111. The Morgan fingerprint density at radius 2 is 0.418 bits per heavy atom. The van der Waals surface area contributed by atoms with Gasteiger partial charge >= 0.3 is 23.9 Å². The Kier molecular flexibility index (Phi) is 16.4. The predicted molar refractivity (Wildman–Crippen MR) is 184 cm³/mol. The molecule has 0 heterocycles. The molecule has 0 saturated carbocycles. The normalized spacial score (nSPS) is 14.5. The van der Waals surface area contributed by atoms with Crippen LogP contribution in [0.5, 0.6) is 0 Å².